The van der Waals surface area contributed by atoms with E-state index in [1.54, 1.807) is 11.1 Å². The molecule has 0 saturated heterocycles. The fraction of sp³-hybridized carbons (Fsp3) is 0.478. The topological polar surface area (TPSA) is 3.24 Å². The lowest BCUT2D eigenvalue weighted by molar-refractivity contribution is 0.942. The lowest BCUT2D eigenvalue weighted by Gasteiger charge is -2.30. The molecule has 0 saturated carbocycles. The summed E-state index contributed by atoms with van der Waals surface area (Å²) >= 11 is 0. The van der Waals surface area contributed by atoms with Crippen LogP contribution >= 0.6 is 0 Å². The Hall–Kier alpha value is -1.76. The second-order valence-electron chi connectivity index (χ2n) is 7.71. The molecule has 0 spiro atoms. The molecule has 1 heterocycles. The van der Waals surface area contributed by atoms with Crippen molar-refractivity contribution >= 4 is 11.4 Å². The number of hydrogen-bond acceptors (Lipinski definition) is 1. The van der Waals surface area contributed by atoms with E-state index in [1.807, 2.05) is 0 Å². The Kier molecular flexibility index (Phi) is 4.02. The van der Waals surface area contributed by atoms with Gasteiger partial charge in [0.15, 0.2) is 0 Å². The standard InChI is InChI=1S/C23H31N/c1-12-14(3)18(7)22-20(16(12)5)10-11-21-17(6)13(2)15(4)19(8)23(21)24(22)9/h10-11H2,1-9H3. The minimum absolute atomic E-state index is 1.14. The number of anilines is 2. The molecule has 0 amide bonds. The Morgan fingerprint density at radius 2 is 0.750 bits per heavy atom. The normalized spacial score (nSPS) is 13.6. The zero-order valence-electron chi connectivity index (χ0n) is 16.9. The third kappa shape index (κ3) is 2.13. The molecule has 0 radical (unpaired) electrons. The van der Waals surface area contributed by atoms with Gasteiger partial charge in [0.25, 0.3) is 0 Å². The molecule has 0 aromatic heterocycles. The Bertz CT molecular complexity index is 784. The molecule has 2 aromatic carbocycles. The van der Waals surface area contributed by atoms with Crippen LogP contribution in [0, 0.1) is 55.4 Å². The van der Waals surface area contributed by atoms with E-state index >= 15 is 0 Å². The number of fused-ring (bicyclic) bond motifs is 2. The van der Waals surface area contributed by atoms with Crippen LogP contribution in [0.15, 0.2) is 0 Å². The number of benzene rings is 2. The lowest BCUT2D eigenvalue weighted by Crippen LogP contribution is -2.17. The van der Waals surface area contributed by atoms with Crippen LogP contribution in [0.5, 0.6) is 0 Å². The van der Waals surface area contributed by atoms with E-state index in [4.69, 9.17) is 0 Å². The Balaban J connectivity index is 2.40. The average Bonchev–Trinajstić information content (AvgIpc) is 2.71. The quantitative estimate of drug-likeness (QED) is 0.573. The van der Waals surface area contributed by atoms with Gasteiger partial charge in [-0.3, -0.25) is 0 Å². The summed E-state index contributed by atoms with van der Waals surface area (Å²) in [6, 6.07) is 0. The first-order valence-corrected chi connectivity index (χ1v) is 9.10. The molecule has 1 aliphatic heterocycles. The first-order valence-electron chi connectivity index (χ1n) is 9.10. The van der Waals surface area contributed by atoms with Gasteiger partial charge in [0.1, 0.15) is 0 Å². The molecule has 0 bridgehead atoms. The van der Waals surface area contributed by atoms with E-state index in [2.05, 4.69) is 67.3 Å². The van der Waals surface area contributed by atoms with Crippen molar-refractivity contribution in [1.82, 2.24) is 0 Å². The van der Waals surface area contributed by atoms with Gasteiger partial charge < -0.3 is 4.90 Å². The minimum Gasteiger partial charge on any atom is -0.344 e. The Labute approximate surface area is 147 Å². The molecule has 0 aliphatic carbocycles. The van der Waals surface area contributed by atoms with Gasteiger partial charge in [-0.2, -0.15) is 0 Å². The summed E-state index contributed by atoms with van der Waals surface area (Å²) in [6.45, 7) is 18.3. The van der Waals surface area contributed by atoms with Gasteiger partial charge in [0.05, 0.1) is 0 Å². The zero-order valence-corrected chi connectivity index (χ0v) is 16.9. The third-order valence-corrected chi connectivity index (χ3v) is 6.86. The van der Waals surface area contributed by atoms with Gasteiger partial charge in [0.2, 0.25) is 0 Å². The molecule has 1 heteroatoms. The summed E-state index contributed by atoms with van der Waals surface area (Å²) in [4.78, 5) is 2.49. The fourth-order valence-corrected chi connectivity index (χ4v) is 4.62. The van der Waals surface area contributed by atoms with Gasteiger partial charge in [-0.1, -0.05) is 0 Å². The summed E-state index contributed by atoms with van der Waals surface area (Å²) in [7, 11) is 2.27. The molecule has 0 atom stereocenters. The van der Waals surface area contributed by atoms with Crippen molar-refractivity contribution in [1.29, 1.82) is 0 Å². The molecule has 0 fully saturated rings. The summed E-state index contributed by atoms with van der Waals surface area (Å²) in [6.07, 6.45) is 2.28. The van der Waals surface area contributed by atoms with Crippen molar-refractivity contribution < 1.29 is 0 Å². The zero-order chi connectivity index (χ0) is 17.9. The van der Waals surface area contributed by atoms with Crippen LogP contribution in [-0.4, -0.2) is 7.05 Å². The van der Waals surface area contributed by atoms with Gasteiger partial charge in [0, 0.05) is 18.4 Å². The van der Waals surface area contributed by atoms with Crippen molar-refractivity contribution in [3.63, 3.8) is 0 Å². The number of hydrogen-bond donors (Lipinski definition) is 0. The molecular weight excluding hydrogens is 290 g/mol. The van der Waals surface area contributed by atoms with Gasteiger partial charge in [-0.25, -0.2) is 0 Å². The highest BCUT2D eigenvalue weighted by Gasteiger charge is 2.27. The molecule has 0 N–H and O–H groups in total. The highest BCUT2D eigenvalue weighted by atomic mass is 15.1. The monoisotopic (exact) mass is 321 g/mol. The number of nitrogens with zero attached hydrogens (tertiary/aromatic N) is 1. The van der Waals surface area contributed by atoms with Crippen LogP contribution < -0.4 is 4.90 Å². The SMILES string of the molecule is Cc1c(C)c(C)c2c(c1C)CCc1c(C)c(C)c(C)c(C)c1N2C. The van der Waals surface area contributed by atoms with Gasteiger partial charge in [-0.05, 0) is 124 Å². The minimum atomic E-state index is 1.14. The maximum absolute atomic E-state index is 2.49. The predicted molar refractivity (Wildman–Crippen MR) is 106 cm³/mol. The lowest BCUT2D eigenvalue weighted by atomic mass is 9.88. The van der Waals surface area contributed by atoms with Crippen molar-refractivity contribution in [3.8, 4) is 0 Å². The van der Waals surface area contributed by atoms with E-state index in [0.717, 1.165) is 12.8 Å². The first kappa shape index (κ1) is 17.1. The third-order valence-electron chi connectivity index (χ3n) is 6.86. The van der Waals surface area contributed by atoms with E-state index < -0.39 is 0 Å². The molecule has 24 heavy (non-hydrogen) atoms. The van der Waals surface area contributed by atoms with E-state index in [1.165, 1.54) is 55.9 Å². The highest BCUT2D eigenvalue weighted by Crippen LogP contribution is 2.44. The van der Waals surface area contributed by atoms with Crippen molar-refractivity contribution in [3.05, 3.63) is 55.6 Å². The van der Waals surface area contributed by atoms with Crippen LogP contribution in [0.1, 0.15) is 55.6 Å². The molecule has 0 unspecified atom stereocenters. The van der Waals surface area contributed by atoms with Crippen LogP contribution in [0.25, 0.3) is 0 Å². The van der Waals surface area contributed by atoms with Gasteiger partial charge >= 0.3 is 0 Å². The van der Waals surface area contributed by atoms with Crippen LogP contribution in [0.2, 0.25) is 0 Å². The first-order chi connectivity index (χ1) is 11.2. The molecule has 3 rings (SSSR count). The fourth-order valence-electron chi connectivity index (χ4n) is 4.62. The smallest absolute Gasteiger partial charge is 0.0476 e. The summed E-state index contributed by atoms with van der Waals surface area (Å²) in [5.74, 6) is 0. The highest BCUT2D eigenvalue weighted by molar-refractivity contribution is 5.80. The molecule has 2 aromatic rings. The summed E-state index contributed by atoms with van der Waals surface area (Å²) in [5, 5.41) is 0. The van der Waals surface area contributed by atoms with E-state index in [9.17, 15) is 0 Å². The predicted octanol–water partition coefficient (Wildman–Crippen LogP) is 6.02. The second kappa shape index (κ2) is 5.65. The van der Waals surface area contributed by atoms with Crippen LogP contribution in [0.3, 0.4) is 0 Å². The largest absolute Gasteiger partial charge is 0.344 e. The molecule has 128 valence electrons. The van der Waals surface area contributed by atoms with Gasteiger partial charge in [-0.15, -0.1) is 0 Å². The van der Waals surface area contributed by atoms with Crippen LogP contribution in [-0.2, 0) is 12.8 Å². The Morgan fingerprint density at radius 1 is 0.458 bits per heavy atom. The maximum Gasteiger partial charge on any atom is 0.0476 e. The van der Waals surface area contributed by atoms with Crippen molar-refractivity contribution in [2.75, 3.05) is 11.9 Å². The molecular formula is C23H31N. The second-order valence-corrected chi connectivity index (χ2v) is 7.71. The Morgan fingerprint density at radius 3 is 1.08 bits per heavy atom. The maximum atomic E-state index is 2.49. The summed E-state index contributed by atoms with van der Waals surface area (Å²) < 4.78 is 0. The van der Waals surface area contributed by atoms with Crippen molar-refractivity contribution in [2.45, 2.75) is 68.2 Å². The summed E-state index contributed by atoms with van der Waals surface area (Å²) in [5.41, 5.74) is 17.6. The van der Waals surface area contributed by atoms with Crippen LogP contribution in [0.4, 0.5) is 11.4 Å². The van der Waals surface area contributed by atoms with Crippen molar-refractivity contribution in [2.24, 2.45) is 0 Å². The van der Waals surface area contributed by atoms with E-state index in [0.29, 0.717) is 0 Å². The number of rotatable bonds is 0. The van der Waals surface area contributed by atoms with E-state index in [-0.39, 0.29) is 0 Å². The average molecular weight is 322 g/mol. The molecule has 1 nitrogen and oxygen atoms in total. The molecule has 1 aliphatic rings.